The smallest absolute Gasteiger partial charge is 0.257 e. The van der Waals surface area contributed by atoms with Crippen LogP contribution in [0.4, 0.5) is 10.8 Å². The highest BCUT2D eigenvalue weighted by Gasteiger charge is 2.18. The number of carbonyl (C=O) groups excluding carboxylic acids is 2. The first-order chi connectivity index (χ1) is 16.8. The molecule has 0 radical (unpaired) electrons. The molecule has 0 saturated carbocycles. The zero-order chi connectivity index (χ0) is 25.3. The molecular formula is C25H28N3O5S2-. The van der Waals surface area contributed by atoms with Crippen molar-refractivity contribution in [1.29, 1.82) is 0 Å². The molecule has 0 aliphatic rings. The predicted octanol–water partition coefficient (Wildman–Crippen LogP) is 3.65. The van der Waals surface area contributed by atoms with Crippen LogP contribution in [0.1, 0.15) is 54.2 Å². The van der Waals surface area contributed by atoms with E-state index >= 15 is 0 Å². The number of hydrogen-bond donors (Lipinski definition) is 2. The number of unbranched alkanes of at least 4 members (excludes halogenated alkanes) is 3. The number of aliphatic carboxylic acids is 1. The second-order valence-electron chi connectivity index (χ2n) is 8.07. The number of amides is 1. The van der Waals surface area contributed by atoms with Gasteiger partial charge in [-0.05, 0) is 36.2 Å². The van der Waals surface area contributed by atoms with Gasteiger partial charge in [-0.15, -0.1) is 11.3 Å². The van der Waals surface area contributed by atoms with E-state index in [0.29, 0.717) is 39.9 Å². The van der Waals surface area contributed by atoms with Gasteiger partial charge < -0.3 is 15.2 Å². The average Bonchev–Trinajstić information content (AvgIpc) is 3.27. The van der Waals surface area contributed by atoms with Crippen LogP contribution < -0.4 is 15.7 Å². The Balaban J connectivity index is 1.59. The number of carboxylic acids is 1. The van der Waals surface area contributed by atoms with E-state index in [2.05, 4.69) is 22.5 Å². The van der Waals surface area contributed by atoms with Crippen LogP contribution in [0.5, 0.6) is 0 Å². The molecule has 2 aromatic carbocycles. The summed E-state index contributed by atoms with van der Waals surface area (Å²) in [6, 6.07) is 13.8. The Morgan fingerprint density at radius 2 is 1.77 bits per heavy atom. The predicted molar refractivity (Wildman–Crippen MR) is 135 cm³/mol. The normalized spacial score (nSPS) is 11.2. The maximum Gasteiger partial charge on any atom is 0.257 e. The number of para-hydroxylation sites is 1. The van der Waals surface area contributed by atoms with E-state index in [-0.39, 0.29) is 18.1 Å². The van der Waals surface area contributed by atoms with E-state index in [0.717, 1.165) is 36.2 Å². The summed E-state index contributed by atoms with van der Waals surface area (Å²) in [5.41, 5.74) is 2.18. The van der Waals surface area contributed by atoms with Crippen LogP contribution >= 0.6 is 11.3 Å². The number of carbonyl (C=O) groups is 2. The number of sulfone groups is 1. The van der Waals surface area contributed by atoms with E-state index in [4.69, 9.17) is 0 Å². The summed E-state index contributed by atoms with van der Waals surface area (Å²) < 4.78 is 25.7. The van der Waals surface area contributed by atoms with E-state index in [1.807, 2.05) is 0 Å². The highest BCUT2D eigenvalue weighted by Crippen LogP contribution is 2.24. The lowest BCUT2D eigenvalue weighted by Crippen LogP contribution is -2.24. The Kier molecular flexibility index (Phi) is 9.39. The molecule has 0 bridgehead atoms. The minimum Gasteiger partial charge on any atom is -0.550 e. The number of nitrogens with zero attached hydrogens (tertiary/aromatic N) is 1. The van der Waals surface area contributed by atoms with Gasteiger partial charge in [-0.2, -0.15) is 0 Å². The molecule has 1 heterocycles. The number of aromatic nitrogens is 1. The highest BCUT2D eigenvalue weighted by atomic mass is 32.2. The van der Waals surface area contributed by atoms with Crippen LogP contribution in [0.2, 0.25) is 0 Å². The molecule has 35 heavy (non-hydrogen) atoms. The number of benzene rings is 2. The molecule has 3 rings (SSSR count). The number of anilines is 2. The van der Waals surface area contributed by atoms with Gasteiger partial charge in [-0.3, -0.25) is 10.1 Å². The van der Waals surface area contributed by atoms with Crippen molar-refractivity contribution in [1.82, 2.24) is 4.98 Å². The van der Waals surface area contributed by atoms with Crippen LogP contribution in [0.25, 0.3) is 0 Å². The Morgan fingerprint density at radius 3 is 2.49 bits per heavy atom. The SMILES string of the molecule is CCCCCCS(=O)(=O)c1ccccc1NCc1ccc(C(=O)Nc2nc(CC(=O)[O-])cs2)cc1. The van der Waals surface area contributed by atoms with Crippen LogP contribution in [-0.4, -0.2) is 31.0 Å². The van der Waals surface area contributed by atoms with Gasteiger partial charge in [0.2, 0.25) is 0 Å². The zero-order valence-corrected chi connectivity index (χ0v) is 21.1. The van der Waals surface area contributed by atoms with Gasteiger partial charge in [0.05, 0.1) is 22.0 Å². The number of nitrogens with one attached hydrogen (secondary N) is 2. The fraction of sp³-hybridized carbons (Fsp3) is 0.320. The number of thiazole rings is 1. The minimum atomic E-state index is -3.38. The van der Waals surface area contributed by atoms with Gasteiger partial charge in [-0.1, -0.05) is 50.5 Å². The van der Waals surface area contributed by atoms with E-state index in [9.17, 15) is 23.1 Å². The van der Waals surface area contributed by atoms with Crippen LogP contribution in [0.3, 0.4) is 0 Å². The van der Waals surface area contributed by atoms with Gasteiger partial charge in [0.15, 0.2) is 15.0 Å². The van der Waals surface area contributed by atoms with Gasteiger partial charge in [0.1, 0.15) is 0 Å². The molecule has 2 N–H and O–H groups in total. The standard InChI is InChI=1S/C25H29N3O5S2/c1-2-3-4-7-14-35(32,33)22-9-6-5-8-21(22)26-16-18-10-12-19(13-11-18)24(31)28-25-27-20(17-34-25)15-23(29)30/h5-6,8-13,17,26H,2-4,7,14-16H2,1H3,(H,29,30)(H,27,28,31)/p-1. The summed E-state index contributed by atoms with van der Waals surface area (Å²) in [5.74, 6) is -1.47. The largest absolute Gasteiger partial charge is 0.550 e. The first-order valence-electron chi connectivity index (χ1n) is 11.4. The Morgan fingerprint density at radius 1 is 1.03 bits per heavy atom. The van der Waals surface area contributed by atoms with E-state index in [1.54, 1.807) is 53.9 Å². The van der Waals surface area contributed by atoms with E-state index < -0.39 is 15.8 Å². The molecular weight excluding hydrogens is 486 g/mol. The van der Waals surface area contributed by atoms with Crippen molar-refractivity contribution in [2.45, 2.75) is 50.5 Å². The van der Waals surface area contributed by atoms with Gasteiger partial charge in [-0.25, -0.2) is 13.4 Å². The van der Waals surface area contributed by atoms with E-state index in [1.165, 1.54) is 0 Å². The summed E-state index contributed by atoms with van der Waals surface area (Å²) >= 11 is 1.14. The van der Waals surface area contributed by atoms with Crippen molar-refractivity contribution < 1.29 is 23.1 Å². The second kappa shape index (κ2) is 12.5. The maximum absolute atomic E-state index is 12.8. The molecule has 0 atom stereocenters. The second-order valence-corrected chi connectivity index (χ2v) is 11.0. The van der Waals surface area contributed by atoms with Crippen molar-refractivity contribution in [2.24, 2.45) is 0 Å². The highest BCUT2D eigenvalue weighted by molar-refractivity contribution is 7.91. The number of rotatable bonds is 13. The topological polar surface area (TPSA) is 128 Å². The molecule has 3 aromatic rings. The average molecular weight is 515 g/mol. The molecule has 0 aliphatic heterocycles. The molecule has 186 valence electrons. The minimum absolute atomic E-state index is 0.128. The van der Waals surface area contributed by atoms with Crippen LogP contribution in [0, 0.1) is 0 Å². The Hall–Kier alpha value is -3.24. The Bertz CT molecular complexity index is 1250. The molecule has 0 fully saturated rings. The van der Waals surface area contributed by atoms with Crippen molar-refractivity contribution in [2.75, 3.05) is 16.4 Å². The summed E-state index contributed by atoms with van der Waals surface area (Å²) in [7, 11) is -3.38. The lowest BCUT2D eigenvalue weighted by atomic mass is 10.1. The van der Waals surface area contributed by atoms with Crippen LogP contribution in [-0.2, 0) is 27.6 Å². The fourth-order valence-corrected chi connectivity index (χ4v) is 5.72. The summed E-state index contributed by atoms with van der Waals surface area (Å²) in [5, 5.41) is 18.4. The van der Waals surface area contributed by atoms with Gasteiger partial charge in [0.25, 0.3) is 5.91 Å². The molecule has 1 aromatic heterocycles. The molecule has 0 unspecified atom stereocenters. The zero-order valence-electron chi connectivity index (χ0n) is 19.5. The lowest BCUT2D eigenvalue weighted by molar-refractivity contribution is -0.304. The van der Waals surface area contributed by atoms with Crippen molar-refractivity contribution in [3.63, 3.8) is 0 Å². The number of carboxylic acid groups (broad SMARTS) is 1. The summed E-state index contributed by atoms with van der Waals surface area (Å²) in [6.07, 6.45) is 3.31. The van der Waals surface area contributed by atoms with Gasteiger partial charge >= 0.3 is 0 Å². The van der Waals surface area contributed by atoms with Crippen molar-refractivity contribution in [3.8, 4) is 0 Å². The molecule has 8 nitrogen and oxygen atoms in total. The number of hydrogen-bond acceptors (Lipinski definition) is 8. The van der Waals surface area contributed by atoms with Crippen molar-refractivity contribution >= 4 is 43.9 Å². The molecule has 1 amide bonds. The third-order valence-electron chi connectivity index (χ3n) is 5.29. The third kappa shape index (κ3) is 7.90. The fourth-order valence-electron chi connectivity index (χ4n) is 3.45. The quantitative estimate of drug-likeness (QED) is 0.333. The molecule has 0 aliphatic carbocycles. The summed E-state index contributed by atoms with van der Waals surface area (Å²) in [4.78, 5) is 27.5. The molecule has 0 saturated heterocycles. The molecule has 0 spiro atoms. The lowest BCUT2D eigenvalue weighted by Gasteiger charge is -2.13. The molecule has 10 heteroatoms. The third-order valence-corrected chi connectivity index (χ3v) is 7.94. The maximum atomic E-state index is 12.8. The van der Waals surface area contributed by atoms with Gasteiger partial charge in [0, 0.05) is 29.9 Å². The monoisotopic (exact) mass is 514 g/mol. The Labute approximate surface area is 209 Å². The van der Waals surface area contributed by atoms with Crippen LogP contribution in [0.15, 0.2) is 58.8 Å². The summed E-state index contributed by atoms with van der Waals surface area (Å²) in [6.45, 7) is 2.48. The first kappa shape index (κ1) is 26.4. The van der Waals surface area contributed by atoms with Crippen molar-refractivity contribution in [3.05, 3.63) is 70.7 Å². The first-order valence-corrected chi connectivity index (χ1v) is 13.9.